The topological polar surface area (TPSA) is 69.1 Å². The number of rotatable bonds is 2. The van der Waals surface area contributed by atoms with Crippen molar-refractivity contribution in [3.63, 3.8) is 0 Å². The molecule has 1 fully saturated rings. The molecular formula is C14H15N5S. The van der Waals surface area contributed by atoms with Crippen molar-refractivity contribution in [1.82, 2.24) is 19.8 Å². The van der Waals surface area contributed by atoms with E-state index >= 15 is 0 Å². The van der Waals surface area contributed by atoms with Gasteiger partial charge in [0.2, 0.25) is 4.96 Å². The maximum Gasteiger partial charge on any atom is 0.234 e. The molecule has 2 aromatic heterocycles. The zero-order chi connectivity index (χ0) is 13.7. The lowest BCUT2D eigenvalue weighted by atomic mass is 9.85. The van der Waals surface area contributed by atoms with Crippen molar-refractivity contribution in [3.8, 4) is 10.6 Å². The van der Waals surface area contributed by atoms with E-state index in [0.29, 0.717) is 5.92 Å². The van der Waals surface area contributed by atoms with Crippen LogP contribution >= 0.6 is 11.3 Å². The summed E-state index contributed by atoms with van der Waals surface area (Å²) in [6.45, 7) is 2.06. The van der Waals surface area contributed by atoms with Crippen LogP contribution in [0.25, 0.3) is 15.5 Å². The average molecular weight is 285 g/mol. The minimum atomic E-state index is 0.523. The molecule has 0 saturated heterocycles. The van der Waals surface area contributed by atoms with Crippen molar-refractivity contribution in [2.75, 3.05) is 5.73 Å². The third-order valence-corrected chi connectivity index (χ3v) is 4.86. The number of nitrogens with two attached hydrogens (primary N) is 1. The van der Waals surface area contributed by atoms with E-state index in [4.69, 9.17) is 5.73 Å². The molecule has 0 unspecified atom stereocenters. The van der Waals surface area contributed by atoms with Crippen LogP contribution in [-0.4, -0.2) is 19.8 Å². The van der Waals surface area contributed by atoms with Gasteiger partial charge in [-0.3, -0.25) is 0 Å². The fourth-order valence-corrected chi connectivity index (χ4v) is 3.40. The van der Waals surface area contributed by atoms with Crippen molar-refractivity contribution in [2.24, 2.45) is 0 Å². The monoisotopic (exact) mass is 285 g/mol. The Kier molecular flexibility index (Phi) is 2.53. The van der Waals surface area contributed by atoms with Gasteiger partial charge in [0.1, 0.15) is 5.01 Å². The highest BCUT2D eigenvalue weighted by Crippen LogP contribution is 2.37. The Balaban J connectivity index is 1.84. The van der Waals surface area contributed by atoms with E-state index in [1.807, 2.05) is 16.6 Å². The quantitative estimate of drug-likeness (QED) is 0.735. The van der Waals surface area contributed by atoms with E-state index in [-0.39, 0.29) is 0 Å². The lowest BCUT2D eigenvalue weighted by Gasteiger charge is -2.22. The first kappa shape index (κ1) is 11.8. The lowest BCUT2D eigenvalue weighted by Crippen LogP contribution is -2.13. The van der Waals surface area contributed by atoms with Gasteiger partial charge in [-0.25, -0.2) is 0 Å². The van der Waals surface area contributed by atoms with Crippen LogP contribution in [-0.2, 0) is 0 Å². The second-order valence-electron chi connectivity index (χ2n) is 5.38. The first-order chi connectivity index (χ1) is 9.72. The van der Waals surface area contributed by atoms with Gasteiger partial charge < -0.3 is 5.73 Å². The summed E-state index contributed by atoms with van der Waals surface area (Å²) >= 11 is 1.54. The molecule has 20 heavy (non-hydrogen) atoms. The van der Waals surface area contributed by atoms with Gasteiger partial charge in [-0.2, -0.15) is 9.61 Å². The second kappa shape index (κ2) is 4.28. The number of anilines is 1. The maximum atomic E-state index is 6.07. The number of hydrogen-bond donors (Lipinski definition) is 1. The molecule has 3 aromatic rings. The van der Waals surface area contributed by atoms with Gasteiger partial charge in [0.15, 0.2) is 5.82 Å². The molecule has 1 saturated carbocycles. The molecule has 1 aliphatic carbocycles. The summed E-state index contributed by atoms with van der Waals surface area (Å²) in [5, 5.41) is 14.1. The minimum absolute atomic E-state index is 0.523. The smallest absolute Gasteiger partial charge is 0.234 e. The first-order valence-corrected chi connectivity index (χ1v) is 7.62. The van der Waals surface area contributed by atoms with E-state index < -0.39 is 0 Å². The number of fused-ring (bicyclic) bond motifs is 1. The van der Waals surface area contributed by atoms with Crippen LogP contribution in [0.1, 0.15) is 36.6 Å². The van der Waals surface area contributed by atoms with Crippen LogP contribution in [0.3, 0.4) is 0 Å². The van der Waals surface area contributed by atoms with E-state index in [2.05, 4.69) is 28.3 Å². The summed E-state index contributed by atoms with van der Waals surface area (Å²) in [6.07, 6.45) is 3.67. The Hall–Kier alpha value is -1.95. The van der Waals surface area contributed by atoms with Crippen molar-refractivity contribution in [1.29, 1.82) is 0 Å². The molecule has 4 rings (SSSR count). The Morgan fingerprint density at radius 2 is 2.15 bits per heavy atom. The number of benzene rings is 1. The molecule has 2 N–H and O–H groups in total. The Morgan fingerprint density at radius 3 is 2.90 bits per heavy atom. The van der Waals surface area contributed by atoms with E-state index in [9.17, 15) is 0 Å². The molecule has 0 bridgehead atoms. The molecule has 0 atom stereocenters. The van der Waals surface area contributed by atoms with Crippen molar-refractivity contribution >= 4 is 22.0 Å². The number of nitrogen functional groups attached to an aromatic ring is 1. The van der Waals surface area contributed by atoms with Crippen LogP contribution in [0.15, 0.2) is 18.2 Å². The third-order valence-electron chi connectivity index (χ3n) is 3.92. The standard InChI is InChI=1S/C14H15N5S/c1-8-5-6-11(15)10(7-8)13-18-19-12(9-3-2-4-9)16-17-14(19)20-13/h5-7,9H,2-4,15H2,1H3. The van der Waals surface area contributed by atoms with Crippen molar-refractivity contribution in [3.05, 3.63) is 29.6 Å². The zero-order valence-corrected chi connectivity index (χ0v) is 12.0. The van der Waals surface area contributed by atoms with Crippen LogP contribution in [0.5, 0.6) is 0 Å². The molecule has 0 amide bonds. The fraction of sp³-hybridized carbons (Fsp3) is 0.357. The second-order valence-corrected chi connectivity index (χ2v) is 6.33. The molecule has 0 radical (unpaired) electrons. The van der Waals surface area contributed by atoms with Gasteiger partial charge in [-0.1, -0.05) is 29.4 Å². The zero-order valence-electron chi connectivity index (χ0n) is 11.2. The molecule has 6 heteroatoms. The highest BCUT2D eigenvalue weighted by atomic mass is 32.1. The van der Waals surface area contributed by atoms with E-state index in [1.54, 1.807) is 11.3 Å². The minimum Gasteiger partial charge on any atom is -0.398 e. The van der Waals surface area contributed by atoms with Crippen molar-refractivity contribution < 1.29 is 0 Å². The van der Waals surface area contributed by atoms with Crippen LogP contribution in [0.4, 0.5) is 5.69 Å². The summed E-state index contributed by atoms with van der Waals surface area (Å²) in [5.74, 6) is 1.52. The molecule has 2 heterocycles. The molecule has 102 valence electrons. The number of aromatic nitrogens is 4. The highest BCUT2D eigenvalue weighted by molar-refractivity contribution is 7.19. The van der Waals surface area contributed by atoms with Crippen LogP contribution in [0.2, 0.25) is 0 Å². The Morgan fingerprint density at radius 1 is 1.30 bits per heavy atom. The highest BCUT2D eigenvalue weighted by Gasteiger charge is 2.26. The maximum absolute atomic E-state index is 6.07. The van der Waals surface area contributed by atoms with Crippen LogP contribution in [0, 0.1) is 6.92 Å². The van der Waals surface area contributed by atoms with Crippen LogP contribution < -0.4 is 5.73 Å². The summed E-state index contributed by atoms with van der Waals surface area (Å²) < 4.78 is 1.89. The Bertz CT molecular complexity index is 784. The SMILES string of the molecule is Cc1ccc(N)c(-c2nn3c(C4CCC4)nnc3s2)c1. The summed E-state index contributed by atoms with van der Waals surface area (Å²) in [7, 11) is 0. The molecule has 0 aliphatic heterocycles. The van der Waals surface area contributed by atoms with Crippen molar-refractivity contribution in [2.45, 2.75) is 32.1 Å². The third kappa shape index (κ3) is 1.71. The lowest BCUT2D eigenvalue weighted by molar-refractivity contribution is 0.395. The fourth-order valence-electron chi connectivity index (χ4n) is 2.52. The summed E-state index contributed by atoms with van der Waals surface area (Å²) in [4.78, 5) is 0.850. The molecule has 0 spiro atoms. The van der Waals surface area contributed by atoms with Gasteiger partial charge in [0, 0.05) is 17.2 Å². The van der Waals surface area contributed by atoms with Gasteiger partial charge in [-0.15, -0.1) is 10.2 Å². The number of hydrogen-bond acceptors (Lipinski definition) is 5. The summed E-state index contributed by atoms with van der Waals surface area (Å²) in [5.41, 5.74) is 8.99. The van der Waals surface area contributed by atoms with E-state index in [1.165, 1.54) is 24.8 Å². The summed E-state index contributed by atoms with van der Waals surface area (Å²) in [6, 6.07) is 6.02. The number of nitrogens with zero attached hydrogens (tertiary/aromatic N) is 4. The number of aryl methyl sites for hydroxylation is 1. The molecular weight excluding hydrogens is 270 g/mol. The first-order valence-electron chi connectivity index (χ1n) is 6.81. The largest absolute Gasteiger partial charge is 0.398 e. The predicted molar refractivity (Wildman–Crippen MR) is 79.8 cm³/mol. The Labute approximate surface area is 120 Å². The van der Waals surface area contributed by atoms with Gasteiger partial charge >= 0.3 is 0 Å². The average Bonchev–Trinajstić information content (AvgIpc) is 2.92. The molecule has 1 aromatic carbocycles. The predicted octanol–water partition coefficient (Wildman–Crippen LogP) is 3.01. The van der Waals surface area contributed by atoms with Gasteiger partial charge in [0.05, 0.1) is 0 Å². The molecule has 1 aliphatic rings. The van der Waals surface area contributed by atoms with E-state index in [0.717, 1.165) is 27.0 Å². The van der Waals surface area contributed by atoms with Gasteiger partial charge in [0.25, 0.3) is 0 Å². The van der Waals surface area contributed by atoms with Gasteiger partial charge in [-0.05, 0) is 31.9 Å². The molecule has 5 nitrogen and oxygen atoms in total. The normalized spacial score (nSPS) is 15.7.